The molecule has 1 aromatic carbocycles. The molecule has 2 aliphatic heterocycles. The zero-order valence-electron chi connectivity index (χ0n) is 24.2. The molecule has 45 heavy (non-hydrogen) atoms. The van der Waals surface area contributed by atoms with Gasteiger partial charge in [0.25, 0.3) is 17.7 Å². The minimum absolute atomic E-state index is 0.0485. The van der Waals surface area contributed by atoms with Crippen molar-refractivity contribution in [1.82, 2.24) is 20.0 Å². The van der Waals surface area contributed by atoms with E-state index >= 15 is 0 Å². The Kier molecular flexibility index (Phi) is 11.6. The second kappa shape index (κ2) is 15.8. The first kappa shape index (κ1) is 33.1. The van der Waals surface area contributed by atoms with Crippen molar-refractivity contribution in [2.45, 2.75) is 25.4 Å². The number of nitrogens with zero attached hydrogens (tertiary/aromatic N) is 4. The summed E-state index contributed by atoms with van der Waals surface area (Å²) < 4.78 is 22.9. The standard InChI is InChI=1S/C27H33N7O11/c28-24(36)23-20(34(40)41)16-30-32(23)7-9-43-11-13-45-15-14-44-12-10-42-8-6-29-18-3-1-2-17-22(18)27(39)33(26(17)38)19-4-5-21(35)31-25(19)37/h1-3,16,19,29H,4-15H2,(H2,28,36)(H,31,35,37). The van der Waals surface area contributed by atoms with Gasteiger partial charge in [-0.05, 0) is 18.6 Å². The van der Waals surface area contributed by atoms with E-state index in [-0.39, 0.29) is 56.0 Å². The van der Waals surface area contributed by atoms with E-state index in [1.165, 1.54) is 6.07 Å². The molecule has 2 aliphatic rings. The number of aromatic nitrogens is 2. The minimum atomic E-state index is -1.03. The molecule has 1 fully saturated rings. The molecule has 5 amide bonds. The highest BCUT2D eigenvalue weighted by atomic mass is 16.6. The van der Waals surface area contributed by atoms with Gasteiger partial charge in [-0.2, -0.15) is 5.10 Å². The molecule has 0 spiro atoms. The predicted octanol–water partition coefficient (Wildman–Crippen LogP) is -0.530. The Morgan fingerprint density at radius 1 is 1.00 bits per heavy atom. The van der Waals surface area contributed by atoms with Gasteiger partial charge in [0.15, 0.2) is 0 Å². The molecule has 0 aliphatic carbocycles. The molecular weight excluding hydrogens is 598 g/mol. The number of imide groups is 2. The topological polar surface area (TPSA) is 237 Å². The number of amides is 5. The number of carbonyl (C=O) groups excluding carboxylic acids is 5. The first-order valence-electron chi connectivity index (χ1n) is 14.1. The summed E-state index contributed by atoms with van der Waals surface area (Å²) in [5, 5.41) is 20.0. The monoisotopic (exact) mass is 631 g/mol. The molecule has 1 unspecified atom stereocenters. The Balaban J connectivity index is 1.03. The van der Waals surface area contributed by atoms with Crippen LogP contribution in [0, 0.1) is 10.1 Å². The quantitative estimate of drug-likeness (QED) is 0.0766. The van der Waals surface area contributed by atoms with Gasteiger partial charge in [0.2, 0.25) is 17.5 Å². The summed E-state index contributed by atoms with van der Waals surface area (Å²) in [5.41, 5.74) is 5.28. The fourth-order valence-corrected chi connectivity index (χ4v) is 4.77. The summed E-state index contributed by atoms with van der Waals surface area (Å²) >= 11 is 0. The maximum absolute atomic E-state index is 13.1. The number of hydrogen-bond acceptors (Lipinski definition) is 13. The van der Waals surface area contributed by atoms with Crippen LogP contribution in [0.2, 0.25) is 0 Å². The van der Waals surface area contributed by atoms with Crippen molar-refractivity contribution < 1.29 is 47.8 Å². The molecule has 4 rings (SSSR count). The molecule has 1 atom stereocenters. The predicted molar refractivity (Wildman–Crippen MR) is 152 cm³/mol. The summed E-state index contributed by atoms with van der Waals surface area (Å²) in [6, 6.07) is 3.80. The first-order chi connectivity index (χ1) is 21.7. The molecule has 18 nitrogen and oxygen atoms in total. The van der Waals surface area contributed by atoms with Gasteiger partial charge in [0.05, 0.1) is 75.5 Å². The van der Waals surface area contributed by atoms with E-state index in [0.717, 1.165) is 15.8 Å². The molecule has 4 N–H and O–H groups in total. The lowest BCUT2D eigenvalue weighted by Crippen LogP contribution is -2.54. The van der Waals surface area contributed by atoms with Gasteiger partial charge in [-0.25, -0.2) is 0 Å². The number of nitro groups is 1. The SMILES string of the molecule is NC(=O)c1c([N+](=O)[O-])cnn1CCOCCOCCOCCOCCNc1cccc2c1C(=O)N(C1CCC(=O)NC1=O)C2=O. The second-order valence-electron chi connectivity index (χ2n) is 9.77. The smallest absolute Gasteiger partial charge is 0.320 e. The van der Waals surface area contributed by atoms with Crippen molar-refractivity contribution in [3.63, 3.8) is 0 Å². The lowest BCUT2D eigenvalue weighted by Gasteiger charge is -2.27. The number of primary amides is 1. The molecule has 18 heteroatoms. The average Bonchev–Trinajstić information content (AvgIpc) is 3.54. The molecule has 3 heterocycles. The van der Waals surface area contributed by atoms with Crippen molar-refractivity contribution in [3.8, 4) is 0 Å². The van der Waals surface area contributed by atoms with Crippen LogP contribution >= 0.6 is 0 Å². The third kappa shape index (κ3) is 8.24. The van der Waals surface area contributed by atoms with Crippen molar-refractivity contribution in [2.24, 2.45) is 5.73 Å². The van der Waals surface area contributed by atoms with Gasteiger partial charge in [-0.3, -0.25) is 49.0 Å². The van der Waals surface area contributed by atoms with E-state index in [0.29, 0.717) is 45.3 Å². The Labute approximate surface area is 256 Å². The number of ether oxygens (including phenoxy) is 4. The largest absolute Gasteiger partial charge is 0.382 e. The van der Waals surface area contributed by atoms with E-state index in [4.69, 9.17) is 24.7 Å². The van der Waals surface area contributed by atoms with E-state index in [2.05, 4.69) is 15.7 Å². The zero-order chi connectivity index (χ0) is 32.3. The number of carbonyl (C=O) groups is 5. The number of nitrogens with one attached hydrogen (secondary N) is 2. The molecule has 2 aromatic rings. The highest BCUT2D eigenvalue weighted by Crippen LogP contribution is 2.32. The van der Waals surface area contributed by atoms with Crippen LogP contribution in [0.4, 0.5) is 11.4 Å². The number of benzene rings is 1. The normalized spacial score (nSPS) is 16.2. The Morgan fingerprint density at radius 3 is 2.27 bits per heavy atom. The van der Waals surface area contributed by atoms with Crippen molar-refractivity contribution in [3.05, 3.63) is 51.3 Å². The van der Waals surface area contributed by atoms with Crippen LogP contribution < -0.4 is 16.4 Å². The van der Waals surface area contributed by atoms with Crippen LogP contribution in [0.15, 0.2) is 24.4 Å². The van der Waals surface area contributed by atoms with E-state index in [9.17, 15) is 34.1 Å². The number of hydrogen-bond donors (Lipinski definition) is 3. The number of anilines is 1. The van der Waals surface area contributed by atoms with Crippen molar-refractivity contribution >= 4 is 40.9 Å². The van der Waals surface area contributed by atoms with Gasteiger partial charge in [-0.1, -0.05) is 6.07 Å². The van der Waals surface area contributed by atoms with Gasteiger partial charge < -0.3 is 30.0 Å². The van der Waals surface area contributed by atoms with Crippen LogP contribution in [0.25, 0.3) is 0 Å². The maximum Gasteiger partial charge on any atom is 0.320 e. The molecule has 0 radical (unpaired) electrons. The lowest BCUT2D eigenvalue weighted by atomic mass is 10.0. The summed E-state index contributed by atoms with van der Waals surface area (Å²) in [5.74, 6) is -3.20. The zero-order valence-corrected chi connectivity index (χ0v) is 24.2. The fraction of sp³-hybridized carbons (Fsp3) is 0.481. The number of nitrogens with two attached hydrogens (primary N) is 1. The Morgan fingerprint density at radius 2 is 1.64 bits per heavy atom. The number of rotatable bonds is 19. The molecule has 0 saturated carbocycles. The fourth-order valence-electron chi connectivity index (χ4n) is 4.77. The van der Waals surface area contributed by atoms with E-state index < -0.39 is 46.2 Å². The summed E-state index contributed by atoms with van der Waals surface area (Å²) in [6.07, 6.45) is 1.10. The maximum atomic E-state index is 13.1. The van der Waals surface area contributed by atoms with Crippen LogP contribution in [0.3, 0.4) is 0 Å². The summed E-state index contributed by atoms with van der Waals surface area (Å²) in [7, 11) is 0. The summed E-state index contributed by atoms with van der Waals surface area (Å²) in [4.78, 5) is 72.3. The van der Waals surface area contributed by atoms with E-state index in [1.807, 2.05) is 0 Å². The highest BCUT2D eigenvalue weighted by molar-refractivity contribution is 6.25. The van der Waals surface area contributed by atoms with Crippen LogP contribution in [-0.2, 0) is 35.1 Å². The van der Waals surface area contributed by atoms with Crippen molar-refractivity contribution in [1.29, 1.82) is 0 Å². The molecule has 1 saturated heterocycles. The van der Waals surface area contributed by atoms with Crippen LogP contribution in [0.1, 0.15) is 44.0 Å². The van der Waals surface area contributed by atoms with Gasteiger partial charge in [0.1, 0.15) is 12.2 Å². The molecular formula is C27H33N7O11. The average molecular weight is 632 g/mol. The third-order valence-electron chi connectivity index (χ3n) is 6.84. The molecule has 242 valence electrons. The van der Waals surface area contributed by atoms with Crippen molar-refractivity contribution in [2.75, 3.05) is 64.7 Å². The van der Waals surface area contributed by atoms with E-state index in [1.54, 1.807) is 12.1 Å². The Hall–Kier alpha value is -4.78. The van der Waals surface area contributed by atoms with Gasteiger partial charge in [0, 0.05) is 18.7 Å². The number of piperidine rings is 1. The van der Waals surface area contributed by atoms with Crippen LogP contribution in [-0.4, -0.2) is 115 Å². The Bertz CT molecular complexity index is 1440. The molecule has 1 aromatic heterocycles. The van der Waals surface area contributed by atoms with Gasteiger partial charge >= 0.3 is 5.69 Å². The third-order valence-corrected chi connectivity index (χ3v) is 6.84. The lowest BCUT2D eigenvalue weighted by molar-refractivity contribution is -0.385. The summed E-state index contributed by atoms with van der Waals surface area (Å²) in [6.45, 7) is 2.74. The number of fused-ring (bicyclic) bond motifs is 1. The van der Waals surface area contributed by atoms with Crippen LogP contribution in [0.5, 0.6) is 0 Å². The highest BCUT2D eigenvalue weighted by Gasteiger charge is 2.45. The molecule has 0 bridgehead atoms. The first-order valence-corrected chi connectivity index (χ1v) is 14.1. The second-order valence-corrected chi connectivity index (χ2v) is 9.77. The minimum Gasteiger partial charge on any atom is -0.382 e. The van der Waals surface area contributed by atoms with Gasteiger partial charge in [-0.15, -0.1) is 0 Å².